The molecule has 21 heavy (non-hydrogen) atoms. The number of alkyl halides is 1. The Balaban J connectivity index is 2.13. The largest absolute Gasteiger partial charge is 0.497 e. The minimum absolute atomic E-state index is 0.0906. The number of benzene rings is 1. The van der Waals surface area contributed by atoms with E-state index in [2.05, 4.69) is 24.5 Å². The van der Waals surface area contributed by atoms with E-state index in [1.54, 1.807) is 7.11 Å². The molecular weight excluding hydrogens is 284 g/mol. The number of rotatable bonds is 3. The Bertz CT molecular complexity index is 660. The first-order chi connectivity index (χ1) is 9.91. The van der Waals surface area contributed by atoms with Gasteiger partial charge < -0.3 is 9.30 Å². The molecule has 2 aromatic rings. The van der Waals surface area contributed by atoms with Crippen molar-refractivity contribution >= 4 is 22.6 Å². The third kappa shape index (κ3) is 2.64. The number of halogens is 1. The number of fused-ring (bicyclic) bond motifs is 1. The van der Waals surface area contributed by atoms with Gasteiger partial charge in [0.15, 0.2) is 0 Å². The molecule has 1 heterocycles. The van der Waals surface area contributed by atoms with Gasteiger partial charge >= 0.3 is 0 Å². The number of nitrogens with zero attached hydrogens (tertiary/aromatic N) is 2. The van der Waals surface area contributed by atoms with Crippen LogP contribution in [-0.2, 0) is 0 Å². The first-order valence-corrected chi connectivity index (χ1v) is 8.05. The fraction of sp³-hybridized carbons (Fsp3) is 0.588. The molecule has 1 fully saturated rings. The summed E-state index contributed by atoms with van der Waals surface area (Å²) >= 11 is 6.39. The van der Waals surface area contributed by atoms with Crippen molar-refractivity contribution in [1.29, 1.82) is 0 Å². The third-order valence-corrected chi connectivity index (χ3v) is 4.78. The second-order valence-corrected chi connectivity index (χ2v) is 7.53. The van der Waals surface area contributed by atoms with Gasteiger partial charge in [-0.3, -0.25) is 0 Å². The molecule has 1 aliphatic carbocycles. The van der Waals surface area contributed by atoms with Crippen LogP contribution in [0.25, 0.3) is 11.0 Å². The molecule has 0 spiro atoms. The molecule has 0 amide bonds. The summed E-state index contributed by atoms with van der Waals surface area (Å²) in [5.74, 6) is 1.82. The highest BCUT2D eigenvalue weighted by Crippen LogP contribution is 2.46. The number of hydrogen-bond donors (Lipinski definition) is 0. The first-order valence-electron chi connectivity index (χ1n) is 7.61. The highest BCUT2D eigenvalue weighted by Gasteiger charge is 2.34. The predicted octanol–water partition coefficient (Wildman–Crippen LogP) is 5.10. The Hall–Kier alpha value is -1.22. The molecular formula is C17H23ClN2O. The van der Waals surface area contributed by atoms with Crippen molar-refractivity contribution in [2.24, 2.45) is 5.41 Å². The predicted molar refractivity (Wildman–Crippen MR) is 87.2 cm³/mol. The van der Waals surface area contributed by atoms with Crippen LogP contribution >= 0.6 is 11.6 Å². The van der Waals surface area contributed by atoms with Gasteiger partial charge in [0, 0.05) is 12.1 Å². The molecule has 2 atom stereocenters. The van der Waals surface area contributed by atoms with Crippen molar-refractivity contribution in [3.8, 4) is 5.75 Å². The van der Waals surface area contributed by atoms with E-state index >= 15 is 0 Å². The van der Waals surface area contributed by atoms with Crippen molar-refractivity contribution in [1.82, 2.24) is 9.55 Å². The maximum absolute atomic E-state index is 6.39. The van der Waals surface area contributed by atoms with Crippen LogP contribution in [0.1, 0.15) is 57.3 Å². The lowest BCUT2D eigenvalue weighted by molar-refractivity contribution is 0.358. The lowest BCUT2D eigenvalue weighted by atomic mass is 9.92. The van der Waals surface area contributed by atoms with Gasteiger partial charge in [0.25, 0.3) is 0 Å². The molecule has 0 saturated heterocycles. The molecule has 114 valence electrons. The molecule has 3 rings (SSSR count). The van der Waals surface area contributed by atoms with Crippen LogP contribution in [0.4, 0.5) is 0 Å². The molecule has 0 aliphatic heterocycles. The summed E-state index contributed by atoms with van der Waals surface area (Å²) in [5.41, 5.74) is 2.54. The molecule has 0 bridgehead atoms. The Labute approximate surface area is 131 Å². The van der Waals surface area contributed by atoms with Crippen LogP contribution in [0, 0.1) is 5.41 Å². The maximum Gasteiger partial charge on any atom is 0.127 e. The van der Waals surface area contributed by atoms with E-state index in [4.69, 9.17) is 21.3 Å². The molecule has 0 radical (unpaired) electrons. The van der Waals surface area contributed by atoms with E-state index in [0.717, 1.165) is 17.1 Å². The third-order valence-electron chi connectivity index (χ3n) is 4.59. The zero-order chi connectivity index (χ0) is 15.2. The number of imidazole rings is 1. The van der Waals surface area contributed by atoms with Crippen LogP contribution < -0.4 is 4.74 Å². The SMILES string of the molecule is COc1ccc2c(c1)nc(C(C)Cl)n2C1CCC(C)(C)C1. The maximum atomic E-state index is 6.39. The zero-order valence-corrected chi connectivity index (χ0v) is 13.9. The van der Waals surface area contributed by atoms with Gasteiger partial charge in [-0.25, -0.2) is 4.98 Å². The van der Waals surface area contributed by atoms with Gasteiger partial charge in [-0.1, -0.05) is 13.8 Å². The standard InChI is InChI=1S/C17H23ClN2O/c1-11(18)16-19-14-9-13(21-4)5-6-15(14)20(16)12-7-8-17(2,3)10-12/h5-6,9,11-12H,7-8,10H2,1-4H3. The Morgan fingerprint density at radius 3 is 2.76 bits per heavy atom. The van der Waals surface area contributed by atoms with E-state index in [-0.39, 0.29) is 5.38 Å². The van der Waals surface area contributed by atoms with Crippen LogP contribution in [0.5, 0.6) is 5.75 Å². The van der Waals surface area contributed by atoms with Crippen LogP contribution in [0.15, 0.2) is 18.2 Å². The van der Waals surface area contributed by atoms with Crippen molar-refractivity contribution in [2.75, 3.05) is 7.11 Å². The highest BCUT2D eigenvalue weighted by atomic mass is 35.5. The Kier molecular flexibility index (Phi) is 3.64. The summed E-state index contributed by atoms with van der Waals surface area (Å²) in [6.45, 7) is 6.69. The normalized spacial score (nSPS) is 22.6. The van der Waals surface area contributed by atoms with Crippen molar-refractivity contribution in [2.45, 2.75) is 51.5 Å². The second-order valence-electron chi connectivity index (χ2n) is 6.87. The van der Waals surface area contributed by atoms with Crippen LogP contribution in [-0.4, -0.2) is 16.7 Å². The summed E-state index contributed by atoms with van der Waals surface area (Å²) in [6.07, 6.45) is 3.63. The van der Waals surface area contributed by atoms with Gasteiger partial charge in [0.05, 0.1) is 23.5 Å². The average Bonchev–Trinajstić information content (AvgIpc) is 2.97. The van der Waals surface area contributed by atoms with E-state index < -0.39 is 0 Å². The van der Waals surface area contributed by atoms with Gasteiger partial charge in [-0.05, 0) is 43.7 Å². The quantitative estimate of drug-likeness (QED) is 0.738. The highest BCUT2D eigenvalue weighted by molar-refractivity contribution is 6.20. The molecule has 4 heteroatoms. The number of methoxy groups -OCH3 is 1. The van der Waals surface area contributed by atoms with Crippen LogP contribution in [0.2, 0.25) is 0 Å². The Morgan fingerprint density at radius 2 is 2.19 bits per heavy atom. The average molecular weight is 307 g/mol. The van der Waals surface area contributed by atoms with Crippen molar-refractivity contribution in [3.05, 3.63) is 24.0 Å². The van der Waals surface area contributed by atoms with Gasteiger partial charge in [-0.2, -0.15) is 0 Å². The monoisotopic (exact) mass is 306 g/mol. The fourth-order valence-corrected chi connectivity index (χ4v) is 3.66. The summed E-state index contributed by atoms with van der Waals surface area (Å²) < 4.78 is 7.67. The minimum Gasteiger partial charge on any atom is -0.497 e. The number of aromatic nitrogens is 2. The second kappa shape index (κ2) is 5.20. The van der Waals surface area contributed by atoms with E-state index in [1.165, 1.54) is 24.8 Å². The topological polar surface area (TPSA) is 27.1 Å². The summed E-state index contributed by atoms with van der Waals surface area (Å²) in [7, 11) is 1.68. The fourth-order valence-electron chi connectivity index (χ4n) is 3.51. The molecule has 1 aliphatic rings. The smallest absolute Gasteiger partial charge is 0.127 e. The lowest BCUT2D eigenvalue weighted by Gasteiger charge is -2.21. The number of hydrogen-bond acceptors (Lipinski definition) is 2. The minimum atomic E-state index is -0.0906. The van der Waals surface area contributed by atoms with Gasteiger partial charge in [0.2, 0.25) is 0 Å². The first kappa shape index (κ1) is 14.7. The van der Waals surface area contributed by atoms with Crippen molar-refractivity contribution in [3.63, 3.8) is 0 Å². The Morgan fingerprint density at radius 1 is 1.43 bits per heavy atom. The molecule has 1 aromatic heterocycles. The van der Waals surface area contributed by atoms with E-state index in [1.807, 2.05) is 19.1 Å². The molecule has 0 N–H and O–H groups in total. The molecule has 3 nitrogen and oxygen atoms in total. The van der Waals surface area contributed by atoms with Gasteiger partial charge in [-0.15, -0.1) is 11.6 Å². The van der Waals surface area contributed by atoms with Crippen molar-refractivity contribution < 1.29 is 4.74 Å². The summed E-state index contributed by atoms with van der Waals surface area (Å²) in [4.78, 5) is 4.76. The molecule has 1 saturated carbocycles. The summed E-state index contributed by atoms with van der Waals surface area (Å²) in [6, 6.07) is 6.60. The van der Waals surface area contributed by atoms with Gasteiger partial charge in [0.1, 0.15) is 11.6 Å². The lowest BCUT2D eigenvalue weighted by Crippen LogP contribution is -2.12. The van der Waals surface area contributed by atoms with Crippen LogP contribution in [0.3, 0.4) is 0 Å². The zero-order valence-electron chi connectivity index (χ0n) is 13.2. The van der Waals surface area contributed by atoms with E-state index in [0.29, 0.717) is 11.5 Å². The van der Waals surface area contributed by atoms with E-state index in [9.17, 15) is 0 Å². The molecule has 1 aromatic carbocycles. The number of ether oxygens (including phenoxy) is 1. The summed E-state index contributed by atoms with van der Waals surface area (Å²) in [5, 5.41) is -0.0906. The molecule has 2 unspecified atom stereocenters.